The molecule has 106 valence electrons. The molecule has 0 amide bonds. The summed E-state index contributed by atoms with van der Waals surface area (Å²) >= 11 is 0. The smallest absolute Gasteiger partial charge is 0.122 e. The zero-order chi connectivity index (χ0) is 13.5. The topological polar surface area (TPSA) is 41.7 Å². The van der Waals surface area contributed by atoms with Crippen molar-refractivity contribution in [1.29, 1.82) is 0 Å². The number of benzene rings is 1. The first-order valence-corrected chi connectivity index (χ1v) is 7.11. The third-order valence-corrected chi connectivity index (χ3v) is 3.65. The largest absolute Gasteiger partial charge is 0.492 e. The fourth-order valence-corrected chi connectivity index (χ4v) is 2.36. The molecule has 0 bridgehead atoms. The molecule has 0 aromatic heterocycles. The van der Waals surface area contributed by atoms with Gasteiger partial charge < -0.3 is 15.4 Å². The van der Waals surface area contributed by atoms with E-state index in [1.165, 1.54) is 5.56 Å². The average Bonchev–Trinajstić information content (AvgIpc) is 2.43. The standard InChI is InChI=1S/C15H25N3O/c1-17-8-10-18(11-9-17)12-13-19-15-5-3-2-4-14(15)6-7-16/h2-5H,6-13,16H2,1H3. The van der Waals surface area contributed by atoms with Gasteiger partial charge in [-0.25, -0.2) is 0 Å². The Kier molecular flexibility index (Phi) is 5.63. The van der Waals surface area contributed by atoms with E-state index in [1.807, 2.05) is 18.2 Å². The minimum absolute atomic E-state index is 0.666. The molecule has 1 aliphatic rings. The van der Waals surface area contributed by atoms with Crippen LogP contribution in [0.3, 0.4) is 0 Å². The van der Waals surface area contributed by atoms with E-state index in [-0.39, 0.29) is 0 Å². The van der Waals surface area contributed by atoms with Crippen LogP contribution in [0.1, 0.15) is 5.56 Å². The SMILES string of the molecule is CN1CCN(CCOc2ccccc2CCN)CC1. The number of para-hydroxylation sites is 1. The minimum atomic E-state index is 0.666. The van der Waals surface area contributed by atoms with Crippen LogP contribution in [0.2, 0.25) is 0 Å². The molecular formula is C15H25N3O. The number of nitrogens with two attached hydrogens (primary N) is 1. The van der Waals surface area contributed by atoms with Crippen molar-refractivity contribution in [3.8, 4) is 5.75 Å². The van der Waals surface area contributed by atoms with Crippen LogP contribution in [0.5, 0.6) is 5.75 Å². The van der Waals surface area contributed by atoms with Gasteiger partial charge in [0.15, 0.2) is 0 Å². The highest BCUT2D eigenvalue weighted by molar-refractivity contribution is 5.33. The van der Waals surface area contributed by atoms with Crippen molar-refractivity contribution < 1.29 is 4.74 Å². The quantitative estimate of drug-likeness (QED) is 0.825. The Morgan fingerprint density at radius 3 is 2.63 bits per heavy atom. The Bertz CT molecular complexity index is 375. The van der Waals surface area contributed by atoms with Gasteiger partial charge in [-0.15, -0.1) is 0 Å². The number of piperazine rings is 1. The lowest BCUT2D eigenvalue weighted by molar-refractivity contribution is 0.133. The lowest BCUT2D eigenvalue weighted by Crippen LogP contribution is -2.45. The Labute approximate surface area is 116 Å². The van der Waals surface area contributed by atoms with Crippen LogP contribution in [0.25, 0.3) is 0 Å². The lowest BCUT2D eigenvalue weighted by atomic mass is 10.1. The van der Waals surface area contributed by atoms with Gasteiger partial charge in [0.25, 0.3) is 0 Å². The number of rotatable bonds is 6. The Hall–Kier alpha value is -1.10. The fraction of sp³-hybridized carbons (Fsp3) is 0.600. The van der Waals surface area contributed by atoms with E-state index in [1.54, 1.807) is 0 Å². The van der Waals surface area contributed by atoms with E-state index in [4.69, 9.17) is 10.5 Å². The van der Waals surface area contributed by atoms with E-state index in [2.05, 4.69) is 22.9 Å². The highest BCUT2D eigenvalue weighted by atomic mass is 16.5. The lowest BCUT2D eigenvalue weighted by Gasteiger charge is -2.32. The Morgan fingerprint density at radius 1 is 1.16 bits per heavy atom. The van der Waals surface area contributed by atoms with E-state index >= 15 is 0 Å². The molecule has 4 nitrogen and oxygen atoms in total. The first kappa shape index (κ1) is 14.3. The molecule has 2 N–H and O–H groups in total. The molecule has 1 fully saturated rings. The summed E-state index contributed by atoms with van der Waals surface area (Å²) in [6, 6.07) is 8.19. The summed E-state index contributed by atoms with van der Waals surface area (Å²) in [5, 5.41) is 0. The Morgan fingerprint density at radius 2 is 1.89 bits per heavy atom. The van der Waals surface area contributed by atoms with Crippen LogP contribution in [-0.4, -0.2) is 62.7 Å². The molecule has 1 aromatic rings. The number of hydrogen-bond donors (Lipinski definition) is 1. The van der Waals surface area contributed by atoms with Gasteiger partial charge in [-0.3, -0.25) is 4.90 Å². The van der Waals surface area contributed by atoms with Gasteiger partial charge in [-0.2, -0.15) is 0 Å². The van der Waals surface area contributed by atoms with Crippen LogP contribution in [0.15, 0.2) is 24.3 Å². The summed E-state index contributed by atoms with van der Waals surface area (Å²) in [5.74, 6) is 0.988. The van der Waals surface area contributed by atoms with Crippen LogP contribution >= 0.6 is 0 Å². The number of hydrogen-bond acceptors (Lipinski definition) is 4. The monoisotopic (exact) mass is 263 g/mol. The van der Waals surface area contributed by atoms with E-state index < -0.39 is 0 Å². The van der Waals surface area contributed by atoms with E-state index in [0.29, 0.717) is 6.54 Å². The van der Waals surface area contributed by atoms with Crippen LogP contribution in [0, 0.1) is 0 Å². The third-order valence-electron chi connectivity index (χ3n) is 3.65. The van der Waals surface area contributed by atoms with Gasteiger partial charge in [0.05, 0.1) is 0 Å². The summed E-state index contributed by atoms with van der Waals surface area (Å²) < 4.78 is 5.91. The predicted molar refractivity (Wildman–Crippen MR) is 78.6 cm³/mol. The Balaban J connectivity index is 1.76. The summed E-state index contributed by atoms with van der Waals surface area (Å²) in [4.78, 5) is 4.83. The first-order chi connectivity index (χ1) is 9.29. The molecule has 0 atom stereocenters. The second-order valence-electron chi connectivity index (χ2n) is 5.14. The highest BCUT2D eigenvalue weighted by Gasteiger charge is 2.13. The van der Waals surface area contributed by atoms with Crippen molar-refractivity contribution >= 4 is 0 Å². The van der Waals surface area contributed by atoms with E-state index in [0.717, 1.165) is 51.5 Å². The predicted octanol–water partition coefficient (Wildman–Crippen LogP) is 0.814. The maximum Gasteiger partial charge on any atom is 0.122 e. The van der Waals surface area contributed by atoms with Gasteiger partial charge in [0.1, 0.15) is 12.4 Å². The highest BCUT2D eigenvalue weighted by Crippen LogP contribution is 2.18. The van der Waals surface area contributed by atoms with Crippen molar-refractivity contribution in [2.45, 2.75) is 6.42 Å². The molecular weight excluding hydrogens is 238 g/mol. The zero-order valence-corrected chi connectivity index (χ0v) is 11.8. The van der Waals surface area contributed by atoms with Crippen LogP contribution < -0.4 is 10.5 Å². The van der Waals surface area contributed by atoms with Crippen molar-refractivity contribution in [3.63, 3.8) is 0 Å². The maximum absolute atomic E-state index is 5.91. The molecule has 1 aromatic carbocycles. The van der Waals surface area contributed by atoms with Gasteiger partial charge >= 0.3 is 0 Å². The van der Waals surface area contributed by atoms with Crippen LogP contribution in [0.4, 0.5) is 0 Å². The van der Waals surface area contributed by atoms with Gasteiger partial charge in [-0.1, -0.05) is 18.2 Å². The fourth-order valence-electron chi connectivity index (χ4n) is 2.36. The van der Waals surface area contributed by atoms with Gasteiger partial charge in [-0.05, 0) is 31.6 Å². The molecule has 1 aliphatic heterocycles. The van der Waals surface area contributed by atoms with Crippen molar-refractivity contribution in [1.82, 2.24) is 9.80 Å². The summed E-state index contributed by atoms with van der Waals surface area (Å²) in [5.41, 5.74) is 6.83. The molecule has 0 spiro atoms. The number of likely N-dealkylation sites (N-methyl/N-ethyl adjacent to an activating group) is 1. The molecule has 0 radical (unpaired) electrons. The number of nitrogens with zero attached hydrogens (tertiary/aromatic N) is 2. The summed E-state index contributed by atoms with van der Waals surface area (Å²) in [6.07, 6.45) is 0.880. The first-order valence-electron chi connectivity index (χ1n) is 7.11. The molecule has 0 saturated carbocycles. The number of ether oxygens (including phenoxy) is 1. The van der Waals surface area contributed by atoms with Crippen LogP contribution in [-0.2, 0) is 6.42 Å². The molecule has 1 heterocycles. The van der Waals surface area contributed by atoms with Crippen molar-refractivity contribution in [2.24, 2.45) is 5.73 Å². The molecule has 2 rings (SSSR count). The van der Waals surface area contributed by atoms with Gasteiger partial charge in [0, 0.05) is 32.7 Å². The minimum Gasteiger partial charge on any atom is -0.492 e. The second kappa shape index (κ2) is 7.48. The normalized spacial score (nSPS) is 17.6. The molecule has 19 heavy (non-hydrogen) atoms. The molecule has 0 unspecified atom stereocenters. The summed E-state index contributed by atoms with van der Waals surface area (Å²) in [7, 11) is 2.18. The third kappa shape index (κ3) is 4.49. The molecule has 0 aliphatic carbocycles. The molecule has 1 saturated heterocycles. The van der Waals surface area contributed by atoms with E-state index in [9.17, 15) is 0 Å². The zero-order valence-electron chi connectivity index (χ0n) is 11.8. The summed E-state index contributed by atoms with van der Waals surface area (Å²) in [6.45, 7) is 7.02. The van der Waals surface area contributed by atoms with Crippen molar-refractivity contribution in [2.75, 3.05) is 52.9 Å². The van der Waals surface area contributed by atoms with Crippen molar-refractivity contribution in [3.05, 3.63) is 29.8 Å². The molecule has 4 heteroatoms. The average molecular weight is 263 g/mol. The maximum atomic E-state index is 5.91. The second-order valence-corrected chi connectivity index (χ2v) is 5.14. The van der Waals surface area contributed by atoms with Gasteiger partial charge in [0.2, 0.25) is 0 Å².